The summed E-state index contributed by atoms with van der Waals surface area (Å²) in [4.78, 5) is 12.5. The Hall–Kier alpha value is -3.10. The maximum Gasteiger partial charge on any atom is 0.255 e. The average Bonchev–Trinajstić information content (AvgIpc) is 3.27. The molecule has 31 heavy (non-hydrogen) atoms. The highest BCUT2D eigenvalue weighted by Gasteiger charge is 2.15. The zero-order chi connectivity index (χ0) is 22.3. The summed E-state index contributed by atoms with van der Waals surface area (Å²) < 4.78 is 38.0. The quantitative estimate of drug-likeness (QED) is 0.484. The second-order valence-electron chi connectivity index (χ2n) is 7.44. The van der Waals surface area contributed by atoms with Crippen LogP contribution in [0.3, 0.4) is 0 Å². The topological polar surface area (TPSA) is 97.6 Å². The van der Waals surface area contributed by atoms with Gasteiger partial charge in [0.15, 0.2) is 0 Å². The molecule has 8 heteroatoms. The van der Waals surface area contributed by atoms with E-state index in [1.807, 2.05) is 0 Å². The van der Waals surface area contributed by atoms with Crippen molar-refractivity contribution in [2.45, 2.75) is 31.7 Å². The molecule has 0 aliphatic heterocycles. The third-order valence-electron chi connectivity index (χ3n) is 4.52. The van der Waals surface area contributed by atoms with Gasteiger partial charge < -0.3 is 14.5 Å². The van der Waals surface area contributed by atoms with Gasteiger partial charge in [0.1, 0.15) is 11.5 Å². The van der Waals surface area contributed by atoms with Crippen molar-refractivity contribution >= 4 is 21.6 Å². The van der Waals surface area contributed by atoms with Crippen LogP contribution in [0.4, 0.5) is 5.69 Å². The number of hydrogen-bond acceptors (Lipinski definition) is 5. The van der Waals surface area contributed by atoms with E-state index in [-0.39, 0.29) is 17.3 Å². The zero-order valence-corrected chi connectivity index (χ0v) is 18.3. The number of hydrogen-bond donors (Lipinski definition) is 2. The van der Waals surface area contributed by atoms with Crippen LogP contribution in [0.2, 0.25) is 0 Å². The van der Waals surface area contributed by atoms with Gasteiger partial charge in [-0.1, -0.05) is 13.8 Å². The number of carbonyl (C=O) groups excluding carboxylic acids is 1. The van der Waals surface area contributed by atoms with E-state index in [0.717, 1.165) is 6.42 Å². The molecule has 0 radical (unpaired) electrons. The molecule has 0 aliphatic carbocycles. The van der Waals surface area contributed by atoms with Crippen molar-refractivity contribution in [2.24, 2.45) is 5.92 Å². The highest BCUT2D eigenvalue weighted by Crippen LogP contribution is 2.17. The summed E-state index contributed by atoms with van der Waals surface area (Å²) in [6, 6.07) is 16.2. The van der Waals surface area contributed by atoms with Crippen LogP contribution in [0.1, 0.15) is 36.4 Å². The molecule has 0 fully saturated rings. The Morgan fingerprint density at radius 1 is 1.03 bits per heavy atom. The van der Waals surface area contributed by atoms with Crippen LogP contribution in [0.25, 0.3) is 0 Å². The van der Waals surface area contributed by atoms with Gasteiger partial charge in [-0.3, -0.25) is 4.79 Å². The predicted octanol–water partition coefficient (Wildman–Crippen LogP) is 4.44. The summed E-state index contributed by atoms with van der Waals surface area (Å²) in [5, 5.41) is 2.76. The maximum absolute atomic E-state index is 12.5. The van der Waals surface area contributed by atoms with Crippen LogP contribution in [-0.4, -0.2) is 20.9 Å². The number of rotatable bonds is 10. The SMILES string of the molecule is CC(C)CCOc1ccc(C(=O)Nc2ccc(S(=O)(=O)NCc3ccco3)cc2)cc1. The summed E-state index contributed by atoms with van der Waals surface area (Å²) in [7, 11) is -3.69. The van der Waals surface area contributed by atoms with Gasteiger partial charge >= 0.3 is 0 Å². The first-order valence-corrected chi connectivity index (χ1v) is 11.5. The lowest BCUT2D eigenvalue weighted by Gasteiger charge is -2.10. The van der Waals surface area contributed by atoms with E-state index in [1.165, 1.54) is 18.4 Å². The molecule has 2 aromatic carbocycles. The van der Waals surface area contributed by atoms with Crippen LogP contribution in [-0.2, 0) is 16.6 Å². The molecule has 0 saturated heterocycles. The van der Waals surface area contributed by atoms with Gasteiger partial charge in [-0.05, 0) is 73.0 Å². The number of nitrogens with one attached hydrogen (secondary N) is 2. The molecule has 0 bridgehead atoms. The highest BCUT2D eigenvalue weighted by molar-refractivity contribution is 7.89. The number of benzene rings is 2. The van der Waals surface area contributed by atoms with E-state index in [9.17, 15) is 13.2 Å². The fourth-order valence-corrected chi connectivity index (χ4v) is 3.69. The Morgan fingerprint density at radius 2 is 1.74 bits per heavy atom. The molecule has 0 unspecified atom stereocenters. The summed E-state index contributed by atoms with van der Waals surface area (Å²) in [6.07, 6.45) is 2.45. The number of ether oxygens (including phenoxy) is 1. The van der Waals surface area contributed by atoms with Gasteiger partial charge in [-0.2, -0.15) is 0 Å². The average molecular weight is 443 g/mol. The lowest BCUT2D eigenvalue weighted by Crippen LogP contribution is -2.23. The fraction of sp³-hybridized carbons (Fsp3) is 0.261. The molecule has 7 nitrogen and oxygen atoms in total. The first kappa shape index (κ1) is 22.6. The Labute approximate surface area is 182 Å². The largest absolute Gasteiger partial charge is 0.494 e. The molecule has 1 amide bonds. The summed E-state index contributed by atoms with van der Waals surface area (Å²) in [5.41, 5.74) is 0.972. The Balaban J connectivity index is 1.55. The van der Waals surface area contributed by atoms with E-state index in [2.05, 4.69) is 23.9 Å². The van der Waals surface area contributed by atoms with E-state index in [1.54, 1.807) is 48.5 Å². The number of furan rings is 1. The highest BCUT2D eigenvalue weighted by atomic mass is 32.2. The van der Waals surface area contributed by atoms with Crippen molar-refractivity contribution in [2.75, 3.05) is 11.9 Å². The Morgan fingerprint density at radius 3 is 2.35 bits per heavy atom. The second kappa shape index (κ2) is 10.3. The maximum atomic E-state index is 12.5. The van der Waals surface area contributed by atoms with Gasteiger partial charge in [0, 0.05) is 11.3 Å². The molecule has 0 aliphatic rings. The van der Waals surface area contributed by atoms with Gasteiger partial charge in [0.2, 0.25) is 10.0 Å². The molecular formula is C23H26N2O5S. The van der Waals surface area contributed by atoms with Gasteiger partial charge in [0.05, 0.1) is 24.3 Å². The van der Waals surface area contributed by atoms with Gasteiger partial charge in [-0.15, -0.1) is 0 Å². The summed E-state index contributed by atoms with van der Waals surface area (Å²) in [6.45, 7) is 4.96. The van der Waals surface area contributed by atoms with Crippen molar-refractivity contribution in [1.29, 1.82) is 0 Å². The number of carbonyl (C=O) groups is 1. The third kappa shape index (κ3) is 6.70. The van der Waals surface area contributed by atoms with E-state index in [4.69, 9.17) is 9.15 Å². The van der Waals surface area contributed by atoms with E-state index < -0.39 is 10.0 Å². The van der Waals surface area contributed by atoms with Crippen LogP contribution >= 0.6 is 0 Å². The predicted molar refractivity (Wildman–Crippen MR) is 119 cm³/mol. The molecule has 0 saturated carbocycles. The van der Waals surface area contributed by atoms with Crippen LogP contribution < -0.4 is 14.8 Å². The van der Waals surface area contributed by atoms with Crippen LogP contribution in [0.15, 0.2) is 76.2 Å². The fourth-order valence-electron chi connectivity index (χ4n) is 2.70. The molecule has 3 rings (SSSR count). The first-order valence-electron chi connectivity index (χ1n) is 10.00. The second-order valence-corrected chi connectivity index (χ2v) is 9.20. The summed E-state index contributed by atoms with van der Waals surface area (Å²) in [5.74, 6) is 1.51. The molecular weight excluding hydrogens is 416 g/mol. The molecule has 164 valence electrons. The van der Waals surface area contributed by atoms with E-state index >= 15 is 0 Å². The number of amides is 1. The lowest BCUT2D eigenvalue weighted by atomic mass is 10.1. The molecule has 1 aromatic heterocycles. The standard InChI is InChI=1S/C23H26N2O5S/c1-17(2)13-15-30-20-9-5-18(6-10-20)23(26)25-19-7-11-22(12-8-19)31(27,28)24-16-21-4-3-14-29-21/h3-12,14,17,24H,13,15-16H2,1-2H3,(H,25,26). The Kier molecular flexibility index (Phi) is 7.49. The number of anilines is 1. The molecule has 2 N–H and O–H groups in total. The third-order valence-corrected chi connectivity index (χ3v) is 5.94. The van der Waals surface area contributed by atoms with Crippen LogP contribution in [0, 0.1) is 5.92 Å². The lowest BCUT2D eigenvalue weighted by molar-refractivity contribution is 0.102. The van der Waals surface area contributed by atoms with E-state index in [0.29, 0.717) is 35.3 Å². The van der Waals surface area contributed by atoms with Crippen molar-refractivity contribution < 1.29 is 22.4 Å². The van der Waals surface area contributed by atoms with Crippen molar-refractivity contribution in [3.05, 3.63) is 78.3 Å². The minimum absolute atomic E-state index is 0.0605. The van der Waals surface area contributed by atoms with Gasteiger partial charge in [0.25, 0.3) is 5.91 Å². The summed E-state index contributed by atoms with van der Waals surface area (Å²) >= 11 is 0. The minimum Gasteiger partial charge on any atom is -0.494 e. The molecule has 1 heterocycles. The Bertz CT molecular complexity index is 1070. The van der Waals surface area contributed by atoms with Gasteiger partial charge in [-0.25, -0.2) is 13.1 Å². The first-order chi connectivity index (χ1) is 14.8. The van der Waals surface area contributed by atoms with Crippen molar-refractivity contribution in [1.82, 2.24) is 4.72 Å². The molecule has 0 spiro atoms. The monoisotopic (exact) mass is 442 g/mol. The van der Waals surface area contributed by atoms with Crippen LogP contribution in [0.5, 0.6) is 5.75 Å². The molecule has 0 atom stereocenters. The zero-order valence-electron chi connectivity index (χ0n) is 17.5. The molecule has 3 aromatic rings. The minimum atomic E-state index is -3.69. The van der Waals surface area contributed by atoms with Crippen molar-refractivity contribution in [3.8, 4) is 5.75 Å². The van der Waals surface area contributed by atoms with Crippen molar-refractivity contribution in [3.63, 3.8) is 0 Å². The smallest absolute Gasteiger partial charge is 0.255 e. The number of sulfonamides is 1. The normalized spacial score (nSPS) is 11.5.